The molecule has 1 aromatic carbocycles. The van der Waals surface area contributed by atoms with Gasteiger partial charge in [0.1, 0.15) is 11.4 Å². The predicted molar refractivity (Wildman–Crippen MR) is 66.5 cm³/mol. The number of halogens is 1. The van der Waals surface area contributed by atoms with Crippen molar-refractivity contribution in [1.29, 1.82) is 0 Å². The number of benzene rings is 1. The van der Waals surface area contributed by atoms with Gasteiger partial charge < -0.3 is 10.1 Å². The highest BCUT2D eigenvalue weighted by Gasteiger charge is 2.21. The van der Waals surface area contributed by atoms with Gasteiger partial charge in [-0.3, -0.25) is 14.9 Å². The molecule has 1 unspecified atom stereocenters. The maximum atomic E-state index is 13.1. The Balaban J connectivity index is 2.86. The summed E-state index contributed by atoms with van der Waals surface area (Å²) < 4.78 is 17.9. The highest BCUT2D eigenvalue weighted by Crippen LogP contribution is 2.19. The van der Waals surface area contributed by atoms with Crippen molar-refractivity contribution in [2.45, 2.75) is 19.4 Å². The summed E-state index contributed by atoms with van der Waals surface area (Å²) in [5, 5.41) is 13.3. The maximum Gasteiger partial charge on any atom is 0.282 e. The molecule has 0 fully saturated rings. The number of nitro benzene ring substituents is 1. The van der Waals surface area contributed by atoms with Crippen LogP contribution in [0, 0.1) is 15.9 Å². The van der Waals surface area contributed by atoms with Gasteiger partial charge in [-0.05, 0) is 25.5 Å². The average molecular weight is 270 g/mol. The predicted octanol–water partition coefficient (Wildman–Crippen LogP) is 1.89. The molecule has 0 spiro atoms. The monoisotopic (exact) mass is 270 g/mol. The first-order chi connectivity index (χ1) is 8.95. The highest BCUT2D eigenvalue weighted by molar-refractivity contribution is 5.98. The van der Waals surface area contributed by atoms with Crippen LogP contribution in [0.2, 0.25) is 0 Å². The number of methoxy groups -OCH3 is 1. The summed E-state index contributed by atoms with van der Waals surface area (Å²) in [5.74, 6) is -1.37. The Bertz CT molecular complexity index is 479. The fraction of sp³-hybridized carbons (Fsp3) is 0.417. The summed E-state index contributed by atoms with van der Waals surface area (Å²) >= 11 is 0. The molecule has 0 radical (unpaired) electrons. The molecule has 0 aliphatic carbocycles. The zero-order chi connectivity index (χ0) is 14.4. The number of carbonyl (C=O) groups excluding carboxylic acids is 1. The molecule has 0 aliphatic rings. The number of rotatable bonds is 6. The smallest absolute Gasteiger partial charge is 0.282 e. The lowest BCUT2D eigenvalue weighted by atomic mass is 10.1. The second-order valence-electron chi connectivity index (χ2n) is 4.07. The third-order valence-corrected chi connectivity index (χ3v) is 2.53. The van der Waals surface area contributed by atoms with Crippen LogP contribution in [0.15, 0.2) is 18.2 Å². The minimum absolute atomic E-state index is 0.227. The van der Waals surface area contributed by atoms with E-state index < -0.39 is 22.3 Å². The van der Waals surface area contributed by atoms with Crippen LogP contribution in [0.1, 0.15) is 23.7 Å². The van der Waals surface area contributed by atoms with Gasteiger partial charge in [-0.2, -0.15) is 0 Å². The van der Waals surface area contributed by atoms with E-state index in [1.165, 1.54) is 7.11 Å². The Hall–Kier alpha value is -2.02. The molecule has 1 rings (SSSR count). The Labute approximate surface area is 109 Å². The van der Waals surface area contributed by atoms with E-state index >= 15 is 0 Å². The first kappa shape index (κ1) is 15.0. The van der Waals surface area contributed by atoms with Gasteiger partial charge in [0.05, 0.1) is 4.92 Å². The largest absolute Gasteiger partial charge is 0.385 e. The SMILES string of the molecule is COCCC(C)NC(=O)c1cc(F)ccc1[N+](=O)[O-]. The number of carbonyl (C=O) groups is 1. The molecule has 19 heavy (non-hydrogen) atoms. The molecule has 1 amide bonds. The second kappa shape index (κ2) is 6.79. The molecule has 0 bridgehead atoms. The van der Waals surface area contributed by atoms with Gasteiger partial charge in [-0.25, -0.2) is 4.39 Å². The van der Waals surface area contributed by atoms with Crippen LogP contribution in [0.4, 0.5) is 10.1 Å². The molecule has 1 atom stereocenters. The van der Waals surface area contributed by atoms with E-state index in [1.807, 2.05) is 0 Å². The second-order valence-corrected chi connectivity index (χ2v) is 4.07. The molecule has 0 heterocycles. The number of amides is 1. The van der Waals surface area contributed by atoms with Crippen molar-refractivity contribution in [2.24, 2.45) is 0 Å². The molecule has 0 saturated carbocycles. The number of hydrogen-bond donors (Lipinski definition) is 1. The standard InChI is InChI=1S/C12H15FN2O4/c1-8(5-6-19-2)14-12(16)10-7-9(13)3-4-11(10)15(17)18/h3-4,7-8H,5-6H2,1-2H3,(H,14,16). The quantitative estimate of drug-likeness (QED) is 0.632. The fourth-order valence-corrected chi connectivity index (χ4v) is 1.52. The van der Waals surface area contributed by atoms with Crippen molar-refractivity contribution in [1.82, 2.24) is 5.32 Å². The summed E-state index contributed by atoms with van der Waals surface area (Å²) in [4.78, 5) is 21.9. The van der Waals surface area contributed by atoms with Crippen LogP contribution in [0.5, 0.6) is 0 Å². The third kappa shape index (κ3) is 4.29. The Kier molecular flexibility index (Phi) is 5.37. The van der Waals surface area contributed by atoms with Gasteiger partial charge in [-0.15, -0.1) is 0 Å². The van der Waals surface area contributed by atoms with Crippen molar-refractivity contribution in [3.05, 3.63) is 39.7 Å². The molecular formula is C12H15FN2O4. The lowest BCUT2D eigenvalue weighted by molar-refractivity contribution is -0.385. The van der Waals surface area contributed by atoms with E-state index in [0.29, 0.717) is 13.0 Å². The van der Waals surface area contributed by atoms with Gasteiger partial charge in [-0.1, -0.05) is 0 Å². The molecule has 0 aliphatic heterocycles. The molecule has 0 saturated heterocycles. The zero-order valence-electron chi connectivity index (χ0n) is 10.7. The number of nitrogens with zero attached hydrogens (tertiary/aromatic N) is 1. The van der Waals surface area contributed by atoms with Crippen molar-refractivity contribution in [2.75, 3.05) is 13.7 Å². The molecule has 1 N–H and O–H groups in total. The van der Waals surface area contributed by atoms with Crippen LogP contribution >= 0.6 is 0 Å². The van der Waals surface area contributed by atoms with Crippen LogP contribution in [-0.2, 0) is 4.74 Å². The van der Waals surface area contributed by atoms with Crippen molar-refractivity contribution in [3.63, 3.8) is 0 Å². The highest BCUT2D eigenvalue weighted by atomic mass is 19.1. The summed E-state index contributed by atoms with van der Waals surface area (Å²) in [5.41, 5.74) is -0.702. The van der Waals surface area contributed by atoms with Gasteiger partial charge >= 0.3 is 0 Å². The Morgan fingerprint density at radius 3 is 2.84 bits per heavy atom. The lowest BCUT2D eigenvalue weighted by Crippen LogP contribution is -2.33. The molecule has 0 aromatic heterocycles. The molecule has 104 valence electrons. The van der Waals surface area contributed by atoms with E-state index in [0.717, 1.165) is 18.2 Å². The molecular weight excluding hydrogens is 255 g/mol. The minimum Gasteiger partial charge on any atom is -0.385 e. The van der Waals surface area contributed by atoms with E-state index in [9.17, 15) is 19.3 Å². The van der Waals surface area contributed by atoms with Crippen LogP contribution in [0.3, 0.4) is 0 Å². The van der Waals surface area contributed by atoms with Crippen molar-refractivity contribution >= 4 is 11.6 Å². The van der Waals surface area contributed by atoms with Gasteiger partial charge in [0.25, 0.3) is 11.6 Å². The first-order valence-corrected chi connectivity index (χ1v) is 5.69. The summed E-state index contributed by atoms with van der Waals surface area (Å²) in [6, 6.07) is 2.56. The van der Waals surface area contributed by atoms with Gasteiger partial charge in [0.2, 0.25) is 0 Å². The van der Waals surface area contributed by atoms with Crippen molar-refractivity contribution < 1.29 is 18.8 Å². The first-order valence-electron chi connectivity index (χ1n) is 5.69. The number of nitro groups is 1. The van der Waals surface area contributed by atoms with E-state index in [1.54, 1.807) is 6.92 Å². The molecule has 1 aromatic rings. The number of hydrogen-bond acceptors (Lipinski definition) is 4. The van der Waals surface area contributed by atoms with Gasteiger partial charge in [0.15, 0.2) is 0 Å². The number of nitrogens with one attached hydrogen (secondary N) is 1. The third-order valence-electron chi connectivity index (χ3n) is 2.53. The summed E-state index contributed by atoms with van der Waals surface area (Å²) in [6.07, 6.45) is 0.561. The minimum atomic E-state index is -0.714. The van der Waals surface area contributed by atoms with Crippen molar-refractivity contribution in [3.8, 4) is 0 Å². The van der Waals surface area contributed by atoms with E-state index in [2.05, 4.69) is 5.32 Å². The number of ether oxygens (including phenoxy) is 1. The summed E-state index contributed by atoms with van der Waals surface area (Å²) in [6.45, 7) is 2.19. The van der Waals surface area contributed by atoms with E-state index in [-0.39, 0.29) is 11.6 Å². The lowest BCUT2D eigenvalue weighted by Gasteiger charge is -2.13. The Morgan fingerprint density at radius 2 is 2.26 bits per heavy atom. The zero-order valence-corrected chi connectivity index (χ0v) is 10.7. The topological polar surface area (TPSA) is 81.5 Å². The normalized spacial score (nSPS) is 11.9. The van der Waals surface area contributed by atoms with Gasteiger partial charge in [0, 0.05) is 25.8 Å². The Morgan fingerprint density at radius 1 is 1.58 bits per heavy atom. The summed E-state index contributed by atoms with van der Waals surface area (Å²) in [7, 11) is 1.53. The van der Waals surface area contributed by atoms with Crippen LogP contribution in [-0.4, -0.2) is 30.6 Å². The molecule has 7 heteroatoms. The molecule has 6 nitrogen and oxygen atoms in total. The van der Waals surface area contributed by atoms with Crippen LogP contribution in [0.25, 0.3) is 0 Å². The van der Waals surface area contributed by atoms with Crippen LogP contribution < -0.4 is 5.32 Å². The van der Waals surface area contributed by atoms with E-state index in [4.69, 9.17) is 4.74 Å². The average Bonchev–Trinajstić information content (AvgIpc) is 2.35. The maximum absolute atomic E-state index is 13.1. The fourth-order valence-electron chi connectivity index (χ4n) is 1.52.